The van der Waals surface area contributed by atoms with E-state index in [0.29, 0.717) is 21.5 Å². The summed E-state index contributed by atoms with van der Waals surface area (Å²) in [5.74, 6) is -7.66. The number of ether oxygens (including phenoxy) is 3. The van der Waals surface area contributed by atoms with Crippen LogP contribution in [0, 0.1) is 11.6 Å². The maximum absolute atomic E-state index is 14.5. The van der Waals surface area contributed by atoms with Gasteiger partial charge in [0.15, 0.2) is 11.4 Å². The number of aryl methyl sites for hydroxylation is 2. The van der Waals surface area contributed by atoms with Crippen LogP contribution in [-0.4, -0.2) is 31.7 Å². The van der Waals surface area contributed by atoms with Crippen molar-refractivity contribution < 1.29 is 49.3 Å². The van der Waals surface area contributed by atoms with Crippen molar-refractivity contribution in [1.29, 1.82) is 0 Å². The Morgan fingerprint density at radius 2 is 1.12 bits per heavy atom. The molecule has 0 atom stereocenters. The maximum atomic E-state index is 14.5. The Morgan fingerprint density at radius 1 is 0.750 bits per heavy atom. The van der Waals surface area contributed by atoms with Crippen molar-refractivity contribution in [3.8, 4) is 29.3 Å². The number of methoxy groups -OCH3 is 1. The van der Waals surface area contributed by atoms with Gasteiger partial charge in [-0.1, -0.05) is 0 Å². The molecule has 0 aliphatic heterocycles. The highest BCUT2D eigenvalue weighted by molar-refractivity contribution is 5.40. The summed E-state index contributed by atoms with van der Waals surface area (Å²) in [5.41, 5.74) is -2.73. The van der Waals surface area contributed by atoms with Crippen LogP contribution in [0.1, 0.15) is 11.4 Å². The van der Waals surface area contributed by atoms with Gasteiger partial charge in [0.1, 0.15) is 0 Å². The van der Waals surface area contributed by atoms with Crippen molar-refractivity contribution in [2.75, 3.05) is 7.11 Å². The van der Waals surface area contributed by atoms with E-state index in [1.54, 1.807) is 0 Å². The molecule has 0 saturated carbocycles. The fourth-order valence-corrected chi connectivity index (χ4v) is 2.36. The van der Waals surface area contributed by atoms with Gasteiger partial charge in [-0.05, 0) is 0 Å². The summed E-state index contributed by atoms with van der Waals surface area (Å²) in [5, 5.41) is 6.31. The minimum atomic E-state index is -4.84. The summed E-state index contributed by atoms with van der Waals surface area (Å²) in [7, 11) is 2.95. The molecule has 0 radical (unpaired) electrons. The largest absolute Gasteiger partial charge is 0.491 e. The van der Waals surface area contributed by atoms with Crippen molar-refractivity contribution in [2.24, 2.45) is 14.1 Å². The van der Waals surface area contributed by atoms with E-state index >= 15 is 0 Å². The molecule has 0 fully saturated rings. The molecule has 3 aromatic rings. The van der Waals surface area contributed by atoms with E-state index in [0.717, 1.165) is 21.2 Å². The lowest BCUT2D eigenvalue weighted by molar-refractivity contribution is -0.142. The van der Waals surface area contributed by atoms with Gasteiger partial charge in [-0.25, -0.2) is 9.36 Å². The minimum absolute atomic E-state index is 0.425. The Labute approximate surface area is 172 Å². The zero-order valence-corrected chi connectivity index (χ0v) is 16.1. The van der Waals surface area contributed by atoms with Crippen LogP contribution in [0.3, 0.4) is 0 Å². The van der Waals surface area contributed by atoms with Crippen LogP contribution in [-0.2, 0) is 26.4 Å². The highest BCUT2D eigenvalue weighted by Crippen LogP contribution is 2.39. The van der Waals surface area contributed by atoms with Crippen LogP contribution in [0.25, 0.3) is 0 Å². The minimum Gasteiger partial charge on any atom is -0.491 e. The van der Waals surface area contributed by atoms with E-state index in [-0.39, 0.29) is 0 Å². The van der Waals surface area contributed by atoms with Gasteiger partial charge in [-0.2, -0.15) is 50.3 Å². The summed E-state index contributed by atoms with van der Waals surface area (Å²) in [4.78, 5) is 3.38. The molecule has 3 heterocycles. The van der Waals surface area contributed by atoms with E-state index in [9.17, 15) is 35.1 Å². The third-order valence-electron chi connectivity index (χ3n) is 3.84. The molecule has 0 spiro atoms. The predicted octanol–water partition coefficient (Wildman–Crippen LogP) is 4.46. The molecule has 3 rings (SSSR count). The molecule has 0 bridgehead atoms. The molecule has 3 aromatic heterocycles. The van der Waals surface area contributed by atoms with Gasteiger partial charge in [0, 0.05) is 26.2 Å². The summed E-state index contributed by atoms with van der Waals surface area (Å²) in [6.45, 7) is 0. The number of alkyl halides is 6. The first kappa shape index (κ1) is 23.1. The molecular formula is C16H11F8N5O3. The number of nitrogens with zero attached hydrogens (tertiary/aromatic N) is 5. The normalized spacial score (nSPS) is 12.2. The molecule has 0 amide bonds. The number of hydrogen-bond acceptors (Lipinski definition) is 6. The van der Waals surface area contributed by atoms with Gasteiger partial charge in [-0.3, -0.25) is 0 Å². The Hall–Kier alpha value is -3.59. The van der Waals surface area contributed by atoms with Crippen molar-refractivity contribution in [1.82, 2.24) is 24.5 Å². The van der Waals surface area contributed by atoms with Crippen LogP contribution in [0.15, 0.2) is 12.1 Å². The molecular weight excluding hydrogens is 462 g/mol. The topological polar surface area (TPSA) is 76.2 Å². The average Bonchev–Trinajstić information content (AvgIpc) is 3.22. The van der Waals surface area contributed by atoms with Crippen LogP contribution in [0.4, 0.5) is 35.1 Å². The van der Waals surface area contributed by atoms with Crippen molar-refractivity contribution in [3.63, 3.8) is 0 Å². The smallest absolute Gasteiger partial charge is 0.435 e. The second-order valence-electron chi connectivity index (χ2n) is 6.07. The van der Waals surface area contributed by atoms with Crippen LogP contribution < -0.4 is 14.2 Å². The summed E-state index contributed by atoms with van der Waals surface area (Å²) in [6, 6.07) is 0.850. The predicted molar refractivity (Wildman–Crippen MR) is 87.3 cm³/mol. The van der Waals surface area contributed by atoms with Gasteiger partial charge in [0.05, 0.1) is 7.11 Å². The zero-order valence-electron chi connectivity index (χ0n) is 16.1. The van der Waals surface area contributed by atoms with E-state index in [1.807, 2.05) is 0 Å². The van der Waals surface area contributed by atoms with E-state index in [4.69, 9.17) is 9.47 Å². The highest BCUT2D eigenvalue weighted by atomic mass is 19.4. The Kier molecular flexibility index (Phi) is 5.65. The molecule has 32 heavy (non-hydrogen) atoms. The number of pyridine rings is 1. The molecule has 0 aliphatic carbocycles. The third-order valence-corrected chi connectivity index (χ3v) is 3.84. The van der Waals surface area contributed by atoms with Crippen molar-refractivity contribution in [3.05, 3.63) is 35.2 Å². The van der Waals surface area contributed by atoms with E-state index < -0.39 is 64.6 Å². The molecule has 0 unspecified atom stereocenters. The lowest BCUT2D eigenvalue weighted by atomic mass is 10.4. The second-order valence-corrected chi connectivity index (χ2v) is 6.07. The highest BCUT2D eigenvalue weighted by Gasteiger charge is 2.37. The average molecular weight is 473 g/mol. The monoisotopic (exact) mass is 473 g/mol. The summed E-state index contributed by atoms with van der Waals surface area (Å²) < 4.78 is 122. The number of rotatable bonds is 5. The van der Waals surface area contributed by atoms with Crippen molar-refractivity contribution >= 4 is 0 Å². The maximum Gasteiger partial charge on any atom is 0.435 e. The van der Waals surface area contributed by atoms with Crippen LogP contribution in [0.2, 0.25) is 0 Å². The third kappa shape index (κ3) is 4.38. The van der Waals surface area contributed by atoms with E-state index in [1.165, 1.54) is 0 Å². The molecule has 0 aliphatic rings. The van der Waals surface area contributed by atoms with E-state index in [2.05, 4.69) is 19.9 Å². The van der Waals surface area contributed by atoms with Gasteiger partial charge in [0.2, 0.25) is 29.1 Å². The molecule has 0 N–H and O–H groups in total. The molecule has 0 saturated heterocycles. The second kappa shape index (κ2) is 7.83. The molecule has 0 aromatic carbocycles. The lowest BCUT2D eigenvalue weighted by Crippen LogP contribution is -2.07. The fraction of sp³-hybridized carbons (Fsp3) is 0.312. The van der Waals surface area contributed by atoms with Gasteiger partial charge in [0.25, 0.3) is 11.8 Å². The first-order chi connectivity index (χ1) is 14.7. The zero-order chi connectivity index (χ0) is 24.0. The van der Waals surface area contributed by atoms with Crippen LogP contribution in [0.5, 0.6) is 29.3 Å². The number of hydrogen-bond donors (Lipinski definition) is 0. The molecule has 16 heteroatoms. The van der Waals surface area contributed by atoms with Gasteiger partial charge in [-0.15, -0.1) is 0 Å². The summed E-state index contributed by atoms with van der Waals surface area (Å²) >= 11 is 0. The molecule has 8 nitrogen and oxygen atoms in total. The quantitative estimate of drug-likeness (QED) is 0.510. The number of aromatic nitrogens is 5. The Morgan fingerprint density at radius 3 is 1.41 bits per heavy atom. The number of halogens is 8. The SMILES string of the molecule is COc1c(F)c(Oc2cc(C(F)(F)F)nn2C)nc(Oc2cc(C(F)(F)F)nn2C)c1F. The molecule has 174 valence electrons. The first-order valence-electron chi connectivity index (χ1n) is 8.23. The Bertz CT molecular complexity index is 1070. The van der Waals surface area contributed by atoms with Crippen molar-refractivity contribution in [2.45, 2.75) is 12.4 Å². The fourth-order valence-electron chi connectivity index (χ4n) is 2.36. The van der Waals surface area contributed by atoms with Gasteiger partial charge >= 0.3 is 12.4 Å². The standard InChI is InChI=1S/C16H11F8N5O3/c1-28-8(4-6(26-28)15(19,20)21)31-13-10(17)12(30-3)11(18)14(25-13)32-9-5-7(16(22,23)24)27-29(9)2/h4-5H,1-3H3. The summed E-state index contributed by atoms with van der Waals surface area (Å²) in [6.07, 6.45) is -9.67. The van der Waals surface area contributed by atoms with Crippen LogP contribution >= 0.6 is 0 Å². The first-order valence-corrected chi connectivity index (χ1v) is 8.23. The van der Waals surface area contributed by atoms with Gasteiger partial charge < -0.3 is 14.2 Å². The Balaban J connectivity index is 2.02. The lowest BCUT2D eigenvalue weighted by Gasteiger charge is -2.12.